The van der Waals surface area contributed by atoms with Gasteiger partial charge in [0.1, 0.15) is 5.75 Å². The molecule has 0 unspecified atom stereocenters. The lowest BCUT2D eigenvalue weighted by molar-refractivity contribution is 0.0693. The molecule has 4 heteroatoms. The van der Waals surface area contributed by atoms with Gasteiger partial charge >= 0.3 is 5.97 Å². The topological polar surface area (TPSA) is 49.8 Å². The van der Waals surface area contributed by atoms with Crippen LogP contribution in [0.25, 0.3) is 0 Å². The van der Waals surface area contributed by atoms with Crippen LogP contribution < -0.4 is 4.74 Å². The average molecular weight is 416 g/mol. The summed E-state index contributed by atoms with van der Waals surface area (Å²) in [7, 11) is 1.56. The van der Waals surface area contributed by atoms with Crippen LogP contribution in [0.2, 0.25) is 0 Å². The van der Waals surface area contributed by atoms with Crippen molar-refractivity contribution in [1.82, 2.24) is 4.90 Å². The molecule has 1 N–H and O–H groups in total. The fraction of sp³-hybridized carbons (Fsp3) is 0.296. The predicted octanol–water partition coefficient (Wildman–Crippen LogP) is 5.44. The first-order valence-electron chi connectivity index (χ1n) is 10.9. The third kappa shape index (κ3) is 4.97. The number of rotatable bonds is 7. The molecule has 3 aromatic carbocycles. The Morgan fingerprint density at radius 3 is 2.06 bits per heavy atom. The van der Waals surface area contributed by atoms with Crippen molar-refractivity contribution in [2.24, 2.45) is 5.92 Å². The van der Waals surface area contributed by atoms with E-state index in [1.807, 2.05) is 12.1 Å². The van der Waals surface area contributed by atoms with Gasteiger partial charge in [-0.3, -0.25) is 4.90 Å². The molecule has 1 aliphatic rings. The second-order valence-electron chi connectivity index (χ2n) is 8.24. The second-order valence-corrected chi connectivity index (χ2v) is 8.24. The second kappa shape index (κ2) is 9.80. The Morgan fingerprint density at radius 1 is 0.968 bits per heavy atom. The quantitative estimate of drug-likeness (QED) is 0.558. The predicted molar refractivity (Wildman–Crippen MR) is 123 cm³/mol. The van der Waals surface area contributed by atoms with Crippen molar-refractivity contribution in [2.45, 2.75) is 25.3 Å². The van der Waals surface area contributed by atoms with Gasteiger partial charge < -0.3 is 9.84 Å². The maximum Gasteiger partial charge on any atom is 0.336 e. The van der Waals surface area contributed by atoms with Gasteiger partial charge in [-0.15, -0.1) is 0 Å². The lowest BCUT2D eigenvalue weighted by atomic mass is 9.76. The Balaban J connectivity index is 1.48. The standard InChI is InChI=1S/C27H29NO3/c1-31-24-13-12-23(25(18-24)27(29)30)19-28-16-14-22(15-17-28)26(20-8-4-2-5-9-20)21-10-6-3-7-11-21/h2-13,18,22,26H,14-17,19H2,1H3,(H,29,30). The third-order valence-corrected chi connectivity index (χ3v) is 6.36. The summed E-state index contributed by atoms with van der Waals surface area (Å²) in [4.78, 5) is 14.1. The van der Waals surface area contributed by atoms with E-state index in [-0.39, 0.29) is 0 Å². The van der Waals surface area contributed by atoms with Crippen LogP contribution in [0.4, 0.5) is 0 Å². The number of nitrogens with zero attached hydrogens (tertiary/aromatic N) is 1. The molecular formula is C27H29NO3. The molecule has 0 spiro atoms. The van der Waals surface area contributed by atoms with Gasteiger partial charge in [-0.05, 0) is 60.7 Å². The summed E-state index contributed by atoms with van der Waals surface area (Å²) in [5.74, 6) is 0.626. The van der Waals surface area contributed by atoms with E-state index in [0.717, 1.165) is 31.5 Å². The number of hydrogen-bond acceptors (Lipinski definition) is 3. The van der Waals surface area contributed by atoms with E-state index in [0.29, 0.717) is 29.7 Å². The molecule has 0 saturated carbocycles. The molecule has 4 nitrogen and oxygen atoms in total. The maximum absolute atomic E-state index is 11.7. The molecule has 0 aliphatic carbocycles. The van der Waals surface area contributed by atoms with Crippen molar-refractivity contribution in [1.29, 1.82) is 0 Å². The van der Waals surface area contributed by atoms with Crippen molar-refractivity contribution in [3.05, 3.63) is 101 Å². The molecule has 1 saturated heterocycles. The van der Waals surface area contributed by atoms with E-state index in [4.69, 9.17) is 4.74 Å². The molecule has 0 radical (unpaired) electrons. The Labute approximate surface area is 184 Å². The first kappa shape index (κ1) is 21.1. The molecule has 0 bridgehead atoms. The van der Waals surface area contributed by atoms with Crippen LogP contribution in [0, 0.1) is 5.92 Å². The molecule has 1 fully saturated rings. The summed E-state index contributed by atoms with van der Waals surface area (Å²) in [5, 5.41) is 9.61. The number of carboxylic acid groups (broad SMARTS) is 1. The normalized spacial score (nSPS) is 15.2. The minimum atomic E-state index is -0.906. The molecule has 31 heavy (non-hydrogen) atoms. The van der Waals surface area contributed by atoms with Crippen molar-refractivity contribution in [2.75, 3.05) is 20.2 Å². The molecule has 160 valence electrons. The molecule has 3 aromatic rings. The Bertz CT molecular complexity index is 956. The Hall–Kier alpha value is -3.11. The number of carbonyl (C=O) groups is 1. The molecule has 1 heterocycles. The summed E-state index contributed by atoms with van der Waals surface area (Å²) < 4.78 is 5.20. The molecule has 0 atom stereocenters. The summed E-state index contributed by atoms with van der Waals surface area (Å²) in [6.07, 6.45) is 2.18. The zero-order chi connectivity index (χ0) is 21.6. The minimum absolute atomic E-state index is 0.327. The van der Waals surface area contributed by atoms with Crippen LogP contribution in [0.1, 0.15) is 45.8 Å². The minimum Gasteiger partial charge on any atom is -0.497 e. The highest BCUT2D eigenvalue weighted by molar-refractivity contribution is 5.89. The van der Waals surface area contributed by atoms with Crippen LogP contribution in [0.15, 0.2) is 78.9 Å². The van der Waals surface area contributed by atoms with Crippen molar-refractivity contribution < 1.29 is 14.6 Å². The van der Waals surface area contributed by atoms with Gasteiger partial charge in [-0.1, -0.05) is 66.7 Å². The van der Waals surface area contributed by atoms with Gasteiger partial charge in [-0.25, -0.2) is 4.79 Å². The largest absolute Gasteiger partial charge is 0.497 e. The smallest absolute Gasteiger partial charge is 0.336 e. The van der Waals surface area contributed by atoms with E-state index < -0.39 is 5.97 Å². The molecule has 0 aromatic heterocycles. The van der Waals surface area contributed by atoms with Crippen molar-refractivity contribution in [3.63, 3.8) is 0 Å². The van der Waals surface area contributed by atoms with Crippen molar-refractivity contribution >= 4 is 5.97 Å². The van der Waals surface area contributed by atoms with Gasteiger partial charge in [0, 0.05) is 12.5 Å². The first-order chi connectivity index (χ1) is 15.2. The Morgan fingerprint density at radius 2 is 1.55 bits per heavy atom. The fourth-order valence-corrected chi connectivity index (χ4v) is 4.76. The van der Waals surface area contributed by atoms with Gasteiger partial charge in [-0.2, -0.15) is 0 Å². The highest BCUT2D eigenvalue weighted by Gasteiger charge is 2.29. The third-order valence-electron chi connectivity index (χ3n) is 6.36. The lowest BCUT2D eigenvalue weighted by Gasteiger charge is -2.37. The van der Waals surface area contributed by atoms with Gasteiger partial charge in [0.05, 0.1) is 12.7 Å². The first-order valence-corrected chi connectivity index (χ1v) is 10.9. The number of hydrogen-bond donors (Lipinski definition) is 1. The highest BCUT2D eigenvalue weighted by Crippen LogP contribution is 2.38. The van der Waals surface area contributed by atoms with Crippen LogP contribution in [-0.2, 0) is 6.54 Å². The van der Waals surface area contributed by atoms with Crippen LogP contribution in [0.3, 0.4) is 0 Å². The van der Waals surface area contributed by atoms with E-state index in [1.54, 1.807) is 13.2 Å². The molecule has 4 rings (SSSR count). The highest BCUT2D eigenvalue weighted by atomic mass is 16.5. The summed E-state index contributed by atoms with van der Waals surface area (Å²) >= 11 is 0. The zero-order valence-electron chi connectivity index (χ0n) is 17.9. The van der Waals surface area contributed by atoms with E-state index in [9.17, 15) is 9.90 Å². The van der Waals surface area contributed by atoms with Crippen molar-refractivity contribution in [3.8, 4) is 5.75 Å². The molecular weight excluding hydrogens is 386 g/mol. The Kier molecular flexibility index (Phi) is 6.68. The SMILES string of the molecule is COc1ccc(CN2CCC(C(c3ccccc3)c3ccccc3)CC2)c(C(=O)O)c1. The lowest BCUT2D eigenvalue weighted by Crippen LogP contribution is -2.35. The van der Waals surface area contributed by atoms with Crippen LogP contribution in [-0.4, -0.2) is 36.2 Å². The monoisotopic (exact) mass is 415 g/mol. The molecule has 1 aliphatic heterocycles. The van der Waals surface area contributed by atoms with E-state index in [2.05, 4.69) is 65.6 Å². The van der Waals surface area contributed by atoms with E-state index in [1.165, 1.54) is 11.1 Å². The fourth-order valence-electron chi connectivity index (χ4n) is 4.76. The number of methoxy groups -OCH3 is 1. The zero-order valence-corrected chi connectivity index (χ0v) is 17.9. The number of likely N-dealkylation sites (tertiary alicyclic amines) is 1. The number of carboxylic acids is 1. The summed E-state index contributed by atoms with van der Waals surface area (Å²) in [5.41, 5.74) is 3.91. The number of aromatic carboxylic acids is 1. The van der Waals surface area contributed by atoms with Crippen LogP contribution >= 0.6 is 0 Å². The summed E-state index contributed by atoms with van der Waals surface area (Å²) in [6.45, 7) is 2.58. The number of ether oxygens (including phenoxy) is 1. The van der Waals surface area contributed by atoms with E-state index >= 15 is 0 Å². The van der Waals surface area contributed by atoms with Gasteiger partial charge in [0.25, 0.3) is 0 Å². The molecule has 0 amide bonds. The summed E-state index contributed by atoms with van der Waals surface area (Å²) in [6, 6.07) is 26.9. The average Bonchev–Trinajstić information content (AvgIpc) is 2.82. The van der Waals surface area contributed by atoms with Gasteiger partial charge in [0.2, 0.25) is 0 Å². The number of piperidine rings is 1. The van der Waals surface area contributed by atoms with Crippen LogP contribution in [0.5, 0.6) is 5.75 Å². The van der Waals surface area contributed by atoms with Gasteiger partial charge in [0.15, 0.2) is 0 Å². The number of benzene rings is 3. The maximum atomic E-state index is 11.7.